The van der Waals surface area contributed by atoms with Gasteiger partial charge in [0.05, 0.1) is 5.60 Å². The Morgan fingerprint density at radius 2 is 1.88 bits per heavy atom. The van der Waals surface area contributed by atoms with Gasteiger partial charge in [0.25, 0.3) is 0 Å². The van der Waals surface area contributed by atoms with Gasteiger partial charge in [-0.05, 0) is 40.2 Å². The molecule has 0 saturated carbocycles. The summed E-state index contributed by atoms with van der Waals surface area (Å²) in [6.07, 6.45) is 0. The zero-order chi connectivity index (χ0) is 12.3. The third-order valence-electron chi connectivity index (χ3n) is 3.10. The van der Waals surface area contributed by atoms with Gasteiger partial charge in [-0.15, -0.1) is 0 Å². The van der Waals surface area contributed by atoms with Crippen LogP contribution in [0.4, 0.5) is 0 Å². The molecule has 1 unspecified atom stereocenters. The fraction of sp³-hybridized carbons (Fsp3) is 0.571. The minimum Gasteiger partial charge on any atom is -0.389 e. The predicted octanol–water partition coefficient (Wildman–Crippen LogP) is 2.81. The average molecular weight is 221 g/mol. The lowest BCUT2D eigenvalue weighted by Gasteiger charge is -2.30. The van der Waals surface area contributed by atoms with Gasteiger partial charge in [-0.3, -0.25) is 0 Å². The number of aliphatic hydroxyl groups is 1. The maximum Gasteiger partial charge on any atom is 0.0741 e. The molecule has 2 N–H and O–H groups in total. The number of benzene rings is 1. The summed E-state index contributed by atoms with van der Waals surface area (Å²) in [6, 6.07) is 8.76. The molecule has 0 aliphatic heterocycles. The molecule has 1 aromatic carbocycles. The van der Waals surface area contributed by atoms with Gasteiger partial charge in [-0.1, -0.05) is 29.8 Å². The van der Waals surface area contributed by atoms with Crippen molar-refractivity contribution in [3.05, 3.63) is 35.4 Å². The smallest absolute Gasteiger partial charge is 0.0741 e. The van der Waals surface area contributed by atoms with Crippen molar-refractivity contribution in [3.8, 4) is 0 Å². The zero-order valence-corrected chi connectivity index (χ0v) is 10.9. The fourth-order valence-corrected chi connectivity index (χ4v) is 1.61. The van der Waals surface area contributed by atoms with Gasteiger partial charge in [-0.25, -0.2) is 0 Å². The van der Waals surface area contributed by atoms with E-state index >= 15 is 0 Å². The molecule has 0 heterocycles. The zero-order valence-electron chi connectivity index (χ0n) is 10.9. The lowest BCUT2D eigenvalue weighted by molar-refractivity contribution is 0.0405. The predicted molar refractivity (Wildman–Crippen MR) is 68.5 cm³/mol. The molecule has 1 aromatic rings. The Hall–Kier alpha value is -0.860. The molecule has 1 rings (SSSR count). The van der Waals surface area contributed by atoms with E-state index in [1.165, 1.54) is 11.1 Å². The van der Waals surface area contributed by atoms with Crippen LogP contribution in [-0.4, -0.2) is 16.7 Å². The highest BCUT2D eigenvalue weighted by molar-refractivity contribution is 5.24. The monoisotopic (exact) mass is 221 g/mol. The van der Waals surface area contributed by atoms with E-state index < -0.39 is 5.60 Å². The molecule has 0 aromatic heterocycles. The van der Waals surface area contributed by atoms with Crippen LogP contribution in [-0.2, 0) is 0 Å². The second-order valence-corrected chi connectivity index (χ2v) is 5.18. The molecule has 0 bridgehead atoms. The van der Waals surface area contributed by atoms with Gasteiger partial charge in [0.15, 0.2) is 0 Å². The molecule has 0 spiro atoms. The molecular formula is C14H23NO. The van der Waals surface area contributed by atoms with Crippen molar-refractivity contribution in [2.24, 2.45) is 0 Å². The Morgan fingerprint density at radius 1 is 1.25 bits per heavy atom. The van der Waals surface area contributed by atoms with Crippen LogP contribution in [0.15, 0.2) is 24.3 Å². The van der Waals surface area contributed by atoms with Crippen LogP contribution in [0.3, 0.4) is 0 Å². The quantitative estimate of drug-likeness (QED) is 0.819. The number of hydrogen-bond donors (Lipinski definition) is 2. The molecule has 16 heavy (non-hydrogen) atoms. The van der Waals surface area contributed by atoms with Crippen molar-refractivity contribution in [2.45, 2.75) is 52.3 Å². The summed E-state index contributed by atoms with van der Waals surface area (Å²) in [5.41, 5.74) is 1.83. The number of aryl methyl sites for hydroxylation is 1. The summed E-state index contributed by atoms with van der Waals surface area (Å²) in [5.74, 6) is 0. The van der Waals surface area contributed by atoms with E-state index in [0.29, 0.717) is 0 Å². The normalized spacial score (nSPS) is 15.9. The van der Waals surface area contributed by atoms with Gasteiger partial charge in [0.1, 0.15) is 0 Å². The maximum atomic E-state index is 9.87. The van der Waals surface area contributed by atoms with Gasteiger partial charge in [0, 0.05) is 12.1 Å². The standard InChI is InChI=1S/C14H23NO/c1-10-7-6-8-13(9-10)11(2)15-12(3)14(4,5)16/h6-9,11-12,15-16H,1-5H3/t11-,12?/m1/s1. The van der Waals surface area contributed by atoms with Crippen molar-refractivity contribution in [1.82, 2.24) is 5.32 Å². The average Bonchev–Trinajstić information content (AvgIpc) is 2.16. The summed E-state index contributed by atoms with van der Waals surface area (Å²) in [6.45, 7) is 9.88. The number of nitrogens with one attached hydrogen (secondary N) is 1. The lowest BCUT2D eigenvalue weighted by Crippen LogP contribution is -2.45. The Bertz CT molecular complexity index is 341. The number of hydrogen-bond acceptors (Lipinski definition) is 2. The van der Waals surface area contributed by atoms with Crippen LogP contribution in [0.25, 0.3) is 0 Å². The van der Waals surface area contributed by atoms with Gasteiger partial charge < -0.3 is 10.4 Å². The first-order chi connectivity index (χ1) is 7.30. The second kappa shape index (κ2) is 4.98. The van der Waals surface area contributed by atoms with Gasteiger partial charge in [0.2, 0.25) is 0 Å². The van der Waals surface area contributed by atoms with Crippen LogP contribution in [0.5, 0.6) is 0 Å². The van der Waals surface area contributed by atoms with Crippen molar-refractivity contribution in [2.75, 3.05) is 0 Å². The minimum absolute atomic E-state index is 0.0583. The van der Waals surface area contributed by atoms with Crippen LogP contribution in [0, 0.1) is 6.92 Å². The first-order valence-corrected chi connectivity index (χ1v) is 5.85. The molecule has 2 atom stereocenters. The van der Waals surface area contributed by atoms with E-state index in [-0.39, 0.29) is 12.1 Å². The molecular weight excluding hydrogens is 198 g/mol. The SMILES string of the molecule is Cc1cccc([C@@H](C)NC(C)C(C)(C)O)c1. The summed E-state index contributed by atoms with van der Waals surface area (Å²) in [7, 11) is 0. The fourth-order valence-electron chi connectivity index (χ4n) is 1.61. The first-order valence-electron chi connectivity index (χ1n) is 5.85. The topological polar surface area (TPSA) is 32.3 Å². The van der Waals surface area contributed by atoms with Crippen molar-refractivity contribution >= 4 is 0 Å². The van der Waals surface area contributed by atoms with E-state index in [2.05, 4.69) is 43.4 Å². The first kappa shape index (κ1) is 13.2. The van der Waals surface area contributed by atoms with Crippen molar-refractivity contribution in [1.29, 1.82) is 0 Å². The Morgan fingerprint density at radius 3 is 2.38 bits per heavy atom. The van der Waals surface area contributed by atoms with Crippen LogP contribution >= 0.6 is 0 Å². The highest BCUT2D eigenvalue weighted by atomic mass is 16.3. The van der Waals surface area contributed by atoms with Gasteiger partial charge >= 0.3 is 0 Å². The van der Waals surface area contributed by atoms with Crippen LogP contribution in [0.1, 0.15) is 44.9 Å². The van der Waals surface area contributed by atoms with Crippen LogP contribution in [0.2, 0.25) is 0 Å². The molecule has 0 aliphatic carbocycles. The Labute approximate surface area is 98.7 Å². The van der Waals surface area contributed by atoms with Crippen molar-refractivity contribution < 1.29 is 5.11 Å². The minimum atomic E-state index is -0.696. The molecule has 90 valence electrons. The van der Waals surface area contributed by atoms with E-state index in [1.54, 1.807) is 0 Å². The molecule has 0 aliphatic rings. The number of rotatable bonds is 4. The summed E-state index contributed by atoms with van der Waals surface area (Å²) >= 11 is 0. The van der Waals surface area contributed by atoms with Crippen molar-refractivity contribution in [3.63, 3.8) is 0 Å². The van der Waals surface area contributed by atoms with Crippen LogP contribution < -0.4 is 5.32 Å². The van der Waals surface area contributed by atoms with Gasteiger partial charge in [-0.2, -0.15) is 0 Å². The molecule has 2 nitrogen and oxygen atoms in total. The molecule has 0 saturated heterocycles. The highest BCUT2D eigenvalue weighted by Gasteiger charge is 2.23. The summed E-state index contributed by atoms with van der Waals surface area (Å²) in [4.78, 5) is 0. The maximum absolute atomic E-state index is 9.87. The Balaban J connectivity index is 2.69. The summed E-state index contributed by atoms with van der Waals surface area (Å²) < 4.78 is 0. The van der Waals surface area contributed by atoms with E-state index in [9.17, 15) is 5.11 Å². The van der Waals surface area contributed by atoms with E-state index in [0.717, 1.165) is 0 Å². The van der Waals surface area contributed by atoms with E-state index in [1.807, 2.05) is 20.8 Å². The third-order valence-corrected chi connectivity index (χ3v) is 3.10. The summed E-state index contributed by atoms with van der Waals surface area (Å²) in [5, 5.41) is 13.3. The lowest BCUT2D eigenvalue weighted by atomic mass is 9.98. The molecule has 0 radical (unpaired) electrons. The molecule has 0 fully saturated rings. The molecule has 2 heteroatoms. The molecule has 0 amide bonds. The van der Waals surface area contributed by atoms with E-state index in [4.69, 9.17) is 0 Å². The highest BCUT2D eigenvalue weighted by Crippen LogP contribution is 2.17. The second-order valence-electron chi connectivity index (χ2n) is 5.18. The third kappa shape index (κ3) is 3.62. The Kier molecular flexibility index (Phi) is 4.11. The largest absolute Gasteiger partial charge is 0.389 e.